The first-order valence-electron chi connectivity index (χ1n) is 8.58. The highest BCUT2D eigenvalue weighted by atomic mass is 16.5. The van der Waals surface area contributed by atoms with Crippen molar-refractivity contribution in [2.75, 3.05) is 17.2 Å². The highest BCUT2D eigenvalue weighted by Crippen LogP contribution is 2.32. The smallest absolute Gasteiger partial charge is 0.265 e. The van der Waals surface area contributed by atoms with Crippen LogP contribution in [0.4, 0.5) is 11.4 Å². The minimum absolute atomic E-state index is 0.212. The second kappa shape index (κ2) is 7.47. The molecule has 1 atom stereocenters. The van der Waals surface area contributed by atoms with Crippen molar-refractivity contribution in [3.8, 4) is 11.5 Å². The van der Waals surface area contributed by atoms with Crippen LogP contribution in [0.5, 0.6) is 11.5 Å². The van der Waals surface area contributed by atoms with E-state index >= 15 is 0 Å². The van der Waals surface area contributed by atoms with Gasteiger partial charge in [0.2, 0.25) is 0 Å². The molecule has 0 bridgehead atoms. The van der Waals surface area contributed by atoms with Gasteiger partial charge in [-0.3, -0.25) is 9.59 Å². The van der Waals surface area contributed by atoms with E-state index in [1.54, 1.807) is 43.3 Å². The fraction of sp³-hybridized carbons (Fsp3) is 0.300. The Balaban J connectivity index is 1.71. The van der Waals surface area contributed by atoms with Crippen LogP contribution in [0.2, 0.25) is 0 Å². The van der Waals surface area contributed by atoms with Gasteiger partial charge >= 0.3 is 0 Å². The molecule has 0 spiro atoms. The quantitative estimate of drug-likeness (QED) is 0.858. The summed E-state index contributed by atoms with van der Waals surface area (Å²) in [5.41, 5.74) is 1.61. The molecule has 1 aliphatic rings. The molecule has 26 heavy (non-hydrogen) atoms. The van der Waals surface area contributed by atoms with Crippen molar-refractivity contribution in [1.29, 1.82) is 0 Å². The predicted octanol–water partition coefficient (Wildman–Crippen LogP) is 3.69. The largest absolute Gasteiger partial charge is 0.493 e. The van der Waals surface area contributed by atoms with E-state index < -0.39 is 6.10 Å². The molecule has 1 aliphatic heterocycles. The van der Waals surface area contributed by atoms with Crippen molar-refractivity contribution >= 4 is 23.2 Å². The van der Waals surface area contributed by atoms with Crippen LogP contribution in [0, 0.1) is 5.92 Å². The molecule has 0 aliphatic carbocycles. The third-order valence-corrected chi connectivity index (χ3v) is 3.85. The molecule has 3 rings (SSSR count). The lowest BCUT2D eigenvalue weighted by molar-refractivity contribution is -0.122. The zero-order chi connectivity index (χ0) is 18.7. The van der Waals surface area contributed by atoms with E-state index in [9.17, 15) is 9.59 Å². The van der Waals surface area contributed by atoms with Gasteiger partial charge < -0.3 is 20.1 Å². The van der Waals surface area contributed by atoms with E-state index in [1.165, 1.54) is 0 Å². The minimum atomic E-state index is -0.531. The van der Waals surface area contributed by atoms with Crippen molar-refractivity contribution < 1.29 is 19.1 Å². The van der Waals surface area contributed by atoms with Gasteiger partial charge in [-0.25, -0.2) is 0 Å². The van der Waals surface area contributed by atoms with Crippen molar-refractivity contribution in [3.05, 3.63) is 48.0 Å². The summed E-state index contributed by atoms with van der Waals surface area (Å²) in [5.74, 6) is 1.18. The van der Waals surface area contributed by atoms with Crippen molar-refractivity contribution in [1.82, 2.24) is 0 Å². The number of ether oxygens (including phenoxy) is 2. The summed E-state index contributed by atoms with van der Waals surface area (Å²) in [5, 5.41) is 5.59. The van der Waals surface area contributed by atoms with Crippen LogP contribution in [0.1, 0.15) is 31.1 Å². The summed E-state index contributed by atoms with van der Waals surface area (Å²) in [7, 11) is 0. The van der Waals surface area contributed by atoms with E-state index in [1.807, 2.05) is 6.07 Å². The number of amides is 2. The van der Waals surface area contributed by atoms with Crippen LogP contribution in [-0.2, 0) is 4.79 Å². The molecule has 1 heterocycles. The normalized spacial score (nSPS) is 15.7. The Labute approximate surface area is 152 Å². The number of fused-ring (bicyclic) bond motifs is 1. The summed E-state index contributed by atoms with van der Waals surface area (Å²) in [4.78, 5) is 24.2. The average Bonchev–Trinajstić information content (AvgIpc) is 2.61. The molecule has 6 nitrogen and oxygen atoms in total. The first kappa shape index (κ1) is 17.8. The van der Waals surface area contributed by atoms with Gasteiger partial charge in [-0.05, 0) is 49.2 Å². The molecule has 2 amide bonds. The zero-order valence-electron chi connectivity index (χ0n) is 15.0. The van der Waals surface area contributed by atoms with E-state index in [2.05, 4.69) is 24.5 Å². The summed E-state index contributed by atoms with van der Waals surface area (Å²) in [6.07, 6.45) is -0.531. The second-order valence-electron chi connectivity index (χ2n) is 6.65. The van der Waals surface area contributed by atoms with Gasteiger partial charge in [0, 0.05) is 11.3 Å². The molecule has 1 unspecified atom stereocenters. The number of carbonyl (C=O) groups excluding carboxylic acids is 2. The number of nitrogens with one attached hydrogen (secondary N) is 2. The topological polar surface area (TPSA) is 76.7 Å². The molecule has 0 saturated heterocycles. The zero-order valence-corrected chi connectivity index (χ0v) is 15.0. The SMILES string of the molecule is CC(C)COc1cccc(C(=O)Nc2ccc3c(c2)NC(=O)C(C)O3)c1. The minimum Gasteiger partial charge on any atom is -0.493 e. The van der Waals surface area contributed by atoms with Crippen LogP contribution >= 0.6 is 0 Å². The van der Waals surface area contributed by atoms with Crippen LogP contribution in [-0.4, -0.2) is 24.5 Å². The lowest BCUT2D eigenvalue weighted by Gasteiger charge is -2.23. The fourth-order valence-corrected chi connectivity index (χ4v) is 2.48. The van der Waals surface area contributed by atoms with Crippen LogP contribution in [0.25, 0.3) is 0 Å². The number of rotatable bonds is 5. The van der Waals surface area contributed by atoms with Gasteiger partial charge in [-0.1, -0.05) is 19.9 Å². The number of anilines is 2. The summed E-state index contributed by atoms with van der Waals surface area (Å²) in [6.45, 7) is 6.40. The monoisotopic (exact) mass is 354 g/mol. The summed E-state index contributed by atoms with van der Waals surface area (Å²) < 4.78 is 11.2. The fourth-order valence-electron chi connectivity index (χ4n) is 2.48. The Hall–Kier alpha value is -3.02. The van der Waals surface area contributed by atoms with Gasteiger partial charge in [0.15, 0.2) is 6.10 Å². The molecule has 0 fully saturated rings. The first-order chi connectivity index (χ1) is 12.4. The van der Waals surface area contributed by atoms with Crippen molar-refractivity contribution in [3.63, 3.8) is 0 Å². The molecular weight excluding hydrogens is 332 g/mol. The van der Waals surface area contributed by atoms with Gasteiger partial charge in [0.1, 0.15) is 11.5 Å². The van der Waals surface area contributed by atoms with Gasteiger partial charge in [0.05, 0.1) is 12.3 Å². The summed E-state index contributed by atoms with van der Waals surface area (Å²) >= 11 is 0. The number of hydrogen-bond donors (Lipinski definition) is 2. The second-order valence-corrected chi connectivity index (χ2v) is 6.65. The van der Waals surface area contributed by atoms with Crippen LogP contribution in [0.15, 0.2) is 42.5 Å². The molecule has 0 saturated carbocycles. The highest BCUT2D eigenvalue weighted by Gasteiger charge is 2.23. The Bertz CT molecular complexity index is 832. The Morgan fingerprint density at radius 1 is 1.27 bits per heavy atom. The molecule has 0 radical (unpaired) electrons. The number of carbonyl (C=O) groups is 2. The maximum Gasteiger partial charge on any atom is 0.265 e. The standard InChI is InChI=1S/C20H22N2O4/c1-12(2)11-25-16-6-4-5-14(9-16)20(24)21-15-7-8-18-17(10-15)22-19(23)13(3)26-18/h4-10,12-13H,11H2,1-3H3,(H,21,24)(H,22,23). The lowest BCUT2D eigenvalue weighted by atomic mass is 10.1. The van der Waals surface area contributed by atoms with Crippen molar-refractivity contribution in [2.45, 2.75) is 26.9 Å². The maximum absolute atomic E-state index is 12.5. The predicted molar refractivity (Wildman–Crippen MR) is 99.9 cm³/mol. The van der Waals surface area contributed by atoms with E-state index in [0.717, 1.165) is 0 Å². The highest BCUT2D eigenvalue weighted by molar-refractivity contribution is 6.05. The first-order valence-corrected chi connectivity index (χ1v) is 8.58. The molecule has 6 heteroatoms. The van der Waals surface area contributed by atoms with Gasteiger partial charge in [0.25, 0.3) is 11.8 Å². The van der Waals surface area contributed by atoms with E-state index in [-0.39, 0.29) is 11.8 Å². The molecule has 2 aromatic rings. The third-order valence-electron chi connectivity index (χ3n) is 3.85. The molecule has 136 valence electrons. The Morgan fingerprint density at radius 3 is 2.85 bits per heavy atom. The van der Waals surface area contributed by atoms with Gasteiger partial charge in [-0.2, -0.15) is 0 Å². The van der Waals surface area contributed by atoms with E-state index in [4.69, 9.17) is 9.47 Å². The van der Waals surface area contributed by atoms with Crippen LogP contribution < -0.4 is 20.1 Å². The Morgan fingerprint density at radius 2 is 2.08 bits per heavy atom. The Kier molecular flexibility index (Phi) is 5.11. The number of benzene rings is 2. The van der Waals surface area contributed by atoms with Crippen molar-refractivity contribution in [2.24, 2.45) is 5.92 Å². The molecule has 2 aromatic carbocycles. The van der Waals surface area contributed by atoms with Crippen LogP contribution in [0.3, 0.4) is 0 Å². The van der Waals surface area contributed by atoms with E-state index in [0.29, 0.717) is 41.0 Å². The number of hydrogen-bond acceptors (Lipinski definition) is 4. The molecular formula is C20H22N2O4. The lowest BCUT2D eigenvalue weighted by Crippen LogP contribution is -2.34. The van der Waals surface area contributed by atoms with Gasteiger partial charge in [-0.15, -0.1) is 0 Å². The maximum atomic E-state index is 12.5. The summed E-state index contributed by atoms with van der Waals surface area (Å²) in [6, 6.07) is 12.2. The average molecular weight is 354 g/mol. The third kappa shape index (κ3) is 4.14. The molecule has 2 N–H and O–H groups in total. The molecule has 0 aromatic heterocycles.